The Hall–Kier alpha value is -0.610. The van der Waals surface area contributed by atoms with Crippen molar-refractivity contribution in [1.29, 1.82) is 0 Å². The molecule has 84 valence electrons. The van der Waals surface area contributed by atoms with E-state index in [1.807, 2.05) is 0 Å². The number of aromatic nitrogens is 1. The van der Waals surface area contributed by atoms with E-state index in [-0.39, 0.29) is 0 Å². The van der Waals surface area contributed by atoms with Gasteiger partial charge in [-0.1, -0.05) is 6.92 Å². The second-order valence-electron chi connectivity index (χ2n) is 4.63. The smallest absolute Gasteiger partial charge is 0.180 e. The van der Waals surface area contributed by atoms with Crippen LogP contribution in [-0.4, -0.2) is 22.5 Å². The highest BCUT2D eigenvalue weighted by Gasteiger charge is 2.23. The minimum Gasteiger partial charge on any atom is -0.375 e. The Morgan fingerprint density at radius 2 is 2.40 bits per heavy atom. The predicted octanol–water partition coefficient (Wildman–Crippen LogP) is 2.35. The summed E-state index contributed by atoms with van der Waals surface area (Å²) in [5, 5.41) is 2.75. The molecule has 0 amide bonds. The fourth-order valence-corrected chi connectivity index (χ4v) is 2.85. The molecular weight excluding hydrogens is 206 g/mol. The molecule has 2 heterocycles. The van der Waals surface area contributed by atoms with Crippen molar-refractivity contribution in [1.82, 2.24) is 9.88 Å². The lowest BCUT2D eigenvalue weighted by atomic mass is 9.93. The number of likely N-dealkylation sites (tertiary alicyclic amines) is 1. The molecule has 0 spiro atoms. The third-order valence-corrected chi connectivity index (χ3v) is 3.93. The molecule has 1 aromatic heterocycles. The minimum absolute atomic E-state index is 0.677. The quantitative estimate of drug-likeness (QED) is 0.840. The van der Waals surface area contributed by atoms with Gasteiger partial charge in [-0.2, -0.15) is 0 Å². The van der Waals surface area contributed by atoms with Gasteiger partial charge in [0.05, 0.1) is 5.69 Å². The maximum Gasteiger partial charge on any atom is 0.180 e. The summed E-state index contributed by atoms with van der Waals surface area (Å²) in [7, 11) is 0. The minimum atomic E-state index is 0.677. The highest BCUT2D eigenvalue weighted by Crippen LogP contribution is 2.24. The SMILES string of the molecule is CC1CCN(Cc2csc(N)n2)C(C)C1. The summed E-state index contributed by atoms with van der Waals surface area (Å²) in [4.78, 5) is 6.82. The second-order valence-corrected chi connectivity index (χ2v) is 5.52. The maximum atomic E-state index is 5.63. The monoisotopic (exact) mass is 225 g/mol. The van der Waals surface area contributed by atoms with E-state index < -0.39 is 0 Å². The Morgan fingerprint density at radius 3 is 3.00 bits per heavy atom. The zero-order chi connectivity index (χ0) is 10.8. The molecule has 2 atom stereocenters. The first kappa shape index (κ1) is 10.9. The number of nitrogens with zero attached hydrogens (tertiary/aromatic N) is 2. The summed E-state index contributed by atoms with van der Waals surface area (Å²) in [6.07, 6.45) is 2.61. The van der Waals surface area contributed by atoms with Crippen LogP contribution in [0.2, 0.25) is 0 Å². The molecular formula is C11H19N3S. The lowest BCUT2D eigenvalue weighted by Crippen LogP contribution is -2.39. The molecule has 0 aliphatic carbocycles. The Labute approximate surface area is 95.3 Å². The number of nitrogen functional groups attached to an aromatic ring is 1. The van der Waals surface area contributed by atoms with Gasteiger partial charge in [-0.15, -0.1) is 11.3 Å². The Morgan fingerprint density at radius 1 is 1.60 bits per heavy atom. The van der Waals surface area contributed by atoms with E-state index in [1.54, 1.807) is 0 Å². The van der Waals surface area contributed by atoms with E-state index in [4.69, 9.17) is 5.73 Å². The van der Waals surface area contributed by atoms with Crippen LogP contribution in [-0.2, 0) is 6.54 Å². The molecule has 1 aliphatic rings. The molecule has 2 N–H and O–H groups in total. The van der Waals surface area contributed by atoms with Crippen molar-refractivity contribution in [2.45, 2.75) is 39.3 Å². The number of hydrogen-bond acceptors (Lipinski definition) is 4. The summed E-state index contributed by atoms with van der Waals surface area (Å²) in [6.45, 7) is 6.81. The number of rotatable bonds is 2. The lowest BCUT2D eigenvalue weighted by molar-refractivity contribution is 0.121. The van der Waals surface area contributed by atoms with Crippen LogP contribution in [0.1, 0.15) is 32.4 Å². The van der Waals surface area contributed by atoms with E-state index in [1.165, 1.54) is 30.7 Å². The van der Waals surface area contributed by atoms with Crippen LogP contribution in [0.4, 0.5) is 5.13 Å². The molecule has 0 radical (unpaired) electrons. The van der Waals surface area contributed by atoms with Crippen LogP contribution in [0.3, 0.4) is 0 Å². The van der Waals surface area contributed by atoms with Gasteiger partial charge in [0.1, 0.15) is 0 Å². The zero-order valence-corrected chi connectivity index (χ0v) is 10.3. The molecule has 1 saturated heterocycles. The van der Waals surface area contributed by atoms with E-state index in [0.717, 1.165) is 18.2 Å². The molecule has 3 nitrogen and oxygen atoms in total. The van der Waals surface area contributed by atoms with Gasteiger partial charge >= 0.3 is 0 Å². The van der Waals surface area contributed by atoms with Crippen LogP contribution in [0, 0.1) is 5.92 Å². The summed E-state index contributed by atoms with van der Waals surface area (Å²) in [5.41, 5.74) is 6.75. The van der Waals surface area contributed by atoms with Gasteiger partial charge in [-0.25, -0.2) is 4.98 Å². The van der Waals surface area contributed by atoms with Crippen molar-refractivity contribution >= 4 is 16.5 Å². The van der Waals surface area contributed by atoms with Gasteiger partial charge in [0.15, 0.2) is 5.13 Å². The summed E-state index contributed by atoms with van der Waals surface area (Å²) in [6, 6.07) is 0.677. The van der Waals surface area contributed by atoms with E-state index in [0.29, 0.717) is 11.2 Å². The van der Waals surface area contributed by atoms with Crippen molar-refractivity contribution in [2.75, 3.05) is 12.3 Å². The fourth-order valence-electron chi connectivity index (χ4n) is 2.29. The first-order valence-electron chi connectivity index (χ1n) is 5.59. The number of thiazole rings is 1. The van der Waals surface area contributed by atoms with Crippen LogP contribution in [0.25, 0.3) is 0 Å². The number of piperidine rings is 1. The van der Waals surface area contributed by atoms with Crippen molar-refractivity contribution in [2.24, 2.45) is 5.92 Å². The van der Waals surface area contributed by atoms with Crippen molar-refractivity contribution in [3.8, 4) is 0 Å². The lowest BCUT2D eigenvalue weighted by Gasteiger charge is -2.36. The van der Waals surface area contributed by atoms with Crippen molar-refractivity contribution < 1.29 is 0 Å². The van der Waals surface area contributed by atoms with E-state index in [2.05, 4.69) is 29.1 Å². The first-order valence-corrected chi connectivity index (χ1v) is 6.47. The van der Waals surface area contributed by atoms with Crippen molar-refractivity contribution in [3.05, 3.63) is 11.1 Å². The normalized spacial score (nSPS) is 28.1. The maximum absolute atomic E-state index is 5.63. The molecule has 0 bridgehead atoms. The zero-order valence-electron chi connectivity index (χ0n) is 9.44. The third kappa shape index (κ3) is 2.69. The largest absolute Gasteiger partial charge is 0.375 e. The third-order valence-electron chi connectivity index (χ3n) is 3.21. The molecule has 2 unspecified atom stereocenters. The van der Waals surface area contributed by atoms with E-state index in [9.17, 15) is 0 Å². The average molecular weight is 225 g/mol. The van der Waals surface area contributed by atoms with Gasteiger partial charge in [0.25, 0.3) is 0 Å². The molecule has 15 heavy (non-hydrogen) atoms. The fraction of sp³-hybridized carbons (Fsp3) is 0.727. The Bertz CT molecular complexity index is 323. The van der Waals surface area contributed by atoms with Gasteiger partial charge < -0.3 is 5.73 Å². The topological polar surface area (TPSA) is 42.1 Å². The van der Waals surface area contributed by atoms with Crippen molar-refractivity contribution in [3.63, 3.8) is 0 Å². The molecule has 1 fully saturated rings. The van der Waals surface area contributed by atoms with E-state index >= 15 is 0 Å². The average Bonchev–Trinajstić information content (AvgIpc) is 2.56. The Balaban J connectivity index is 1.94. The standard InChI is InChI=1S/C11H19N3S/c1-8-3-4-14(9(2)5-8)6-10-7-15-11(12)13-10/h7-9H,3-6H2,1-2H3,(H2,12,13). The number of hydrogen-bond donors (Lipinski definition) is 1. The van der Waals surface area contributed by atoms with Crippen LogP contribution >= 0.6 is 11.3 Å². The van der Waals surface area contributed by atoms with Gasteiger partial charge in [0.2, 0.25) is 0 Å². The molecule has 0 aromatic carbocycles. The molecule has 0 saturated carbocycles. The molecule has 1 aliphatic heterocycles. The first-order chi connectivity index (χ1) is 7.15. The second kappa shape index (κ2) is 4.49. The highest BCUT2D eigenvalue weighted by molar-refractivity contribution is 7.13. The number of nitrogens with two attached hydrogens (primary N) is 1. The number of anilines is 1. The van der Waals surface area contributed by atoms with Crippen LogP contribution in [0.15, 0.2) is 5.38 Å². The van der Waals surface area contributed by atoms with Crippen LogP contribution < -0.4 is 5.73 Å². The molecule has 1 aromatic rings. The molecule has 4 heteroatoms. The molecule has 2 rings (SSSR count). The summed E-state index contributed by atoms with van der Waals surface area (Å²) in [5.74, 6) is 0.872. The summed E-state index contributed by atoms with van der Waals surface area (Å²) < 4.78 is 0. The van der Waals surface area contributed by atoms with Gasteiger partial charge in [0, 0.05) is 18.0 Å². The van der Waals surface area contributed by atoms with Gasteiger partial charge in [-0.05, 0) is 32.2 Å². The highest BCUT2D eigenvalue weighted by atomic mass is 32.1. The van der Waals surface area contributed by atoms with Gasteiger partial charge in [-0.3, -0.25) is 4.90 Å². The Kier molecular flexibility index (Phi) is 3.26. The van der Waals surface area contributed by atoms with Crippen LogP contribution in [0.5, 0.6) is 0 Å². The summed E-state index contributed by atoms with van der Waals surface area (Å²) >= 11 is 1.53. The predicted molar refractivity (Wildman–Crippen MR) is 64.8 cm³/mol.